The van der Waals surface area contributed by atoms with Gasteiger partial charge in [-0.2, -0.15) is 0 Å². The van der Waals surface area contributed by atoms with Gasteiger partial charge in [0, 0.05) is 12.0 Å². The summed E-state index contributed by atoms with van der Waals surface area (Å²) in [6, 6.07) is 9.73. The van der Waals surface area contributed by atoms with Crippen LogP contribution in [0, 0.1) is 6.92 Å². The first-order valence-corrected chi connectivity index (χ1v) is 4.91. The van der Waals surface area contributed by atoms with Crippen LogP contribution in [0.3, 0.4) is 0 Å². The summed E-state index contributed by atoms with van der Waals surface area (Å²) in [6.45, 7) is 2.14. The van der Waals surface area contributed by atoms with E-state index in [0.29, 0.717) is 0 Å². The average Bonchev–Trinajstić information content (AvgIpc) is 2.85. The lowest BCUT2D eigenvalue weighted by molar-refractivity contribution is 0.391. The van der Waals surface area contributed by atoms with E-state index in [9.17, 15) is 0 Å². The SMILES string of the molecule is Cc1ccc([C@@H]2C[C@H]2N(C)C)cc1. The Morgan fingerprint density at radius 1 is 1.15 bits per heavy atom. The van der Waals surface area contributed by atoms with E-state index in [-0.39, 0.29) is 0 Å². The van der Waals surface area contributed by atoms with Crippen molar-refractivity contribution in [3.05, 3.63) is 35.4 Å². The van der Waals surface area contributed by atoms with Gasteiger partial charge in [-0.1, -0.05) is 29.8 Å². The number of aryl methyl sites for hydroxylation is 1. The molecule has 0 heterocycles. The zero-order chi connectivity index (χ0) is 9.42. The van der Waals surface area contributed by atoms with Crippen LogP contribution in [0.1, 0.15) is 23.5 Å². The summed E-state index contributed by atoms with van der Waals surface area (Å²) in [6.07, 6.45) is 1.33. The summed E-state index contributed by atoms with van der Waals surface area (Å²) >= 11 is 0. The Morgan fingerprint density at radius 3 is 2.23 bits per heavy atom. The van der Waals surface area contributed by atoms with Crippen LogP contribution in [-0.2, 0) is 0 Å². The van der Waals surface area contributed by atoms with Crippen LogP contribution in [0.15, 0.2) is 24.3 Å². The number of rotatable bonds is 2. The lowest BCUT2D eigenvalue weighted by Gasteiger charge is -2.08. The van der Waals surface area contributed by atoms with Gasteiger partial charge in [-0.05, 0) is 33.0 Å². The fourth-order valence-electron chi connectivity index (χ4n) is 1.92. The molecule has 0 aliphatic heterocycles. The Balaban J connectivity index is 2.08. The molecule has 0 unspecified atom stereocenters. The second-order valence-electron chi connectivity index (χ2n) is 4.28. The third-order valence-corrected chi connectivity index (χ3v) is 2.93. The lowest BCUT2D eigenvalue weighted by Crippen LogP contribution is -2.15. The Morgan fingerprint density at radius 2 is 1.77 bits per heavy atom. The predicted octanol–water partition coefficient (Wildman–Crippen LogP) is 2.41. The van der Waals surface area contributed by atoms with Gasteiger partial charge in [0.1, 0.15) is 0 Å². The van der Waals surface area contributed by atoms with Gasteiger partial charge in [0.15, 0.2) is 0 Å². The van der Waals surface area contributed by atoms with Crippen LogP contribution >= 0.6 is 0 Å². The van der Waals surface area contributed by atoms with Crippen LogP contribution in [0.4, 0.5) is 0 Å². The molecule has 1 aliphatic carbocycles. The van der Waals surface area contributed by atoms with Crippen molar-refractivity contribution in [1.29, 1.82) is 0 Å². The van der Waals surface area contributed by atoms with Crippen molar-refractivity contribution in [1.82, 2.24) is 4.90 Å². The van der Waals surface area contributed by atoms with Crippen molar-refractivity contribution in [2.24, 2.45) is 0 Å². The molecule has 1 aliphatic rings. The first-order valence-electron chi connectivity index (χ1n) is 4.91. The van der Waals surface area contributed by atoms with Crippen LogP contribution in [-0.4, -0.2) is 25.0 Å². The quantitative estimate of drug-likeness (QED) is 0.667. The zero-order valence-corrected chi connectivity index (χ0v) is 8.62. The molecule has 0 radical (unpaired) electrons. The minimum Gasteiger partial charge on any atom is -0.306 e. The topological polar surface area (TPSA) is 3.24 Å². The second kappa shape index (κ2) is 3.15. The molecule has 13 heavy (non-hydrogen) atoms. The molecule has 0 spiro atoms. The maximum atomic E-state index is 2.32. The fourth-order valence-corrected chi connectivity index (χ4v) is 1.92. The average molecular weight is 175 g/mol. The second-order valence-corrected chi connectivity index (χ2v) is 4.28. The van der Waals surface area contributed by atoms with Gasteiger partial charge in [-0.3, -0.25) is 0 Å². The molecule has 1 nitrogen and oxygen atoms in total. The molecule has 1 aromatic rings. The summed E-state index contributed by atoms with van der Waals surface area (Å²) in [4.78, 5) is 2.32. The number of likely N-dealkylation sites (N-methyl/N-ethyl adjacent to an activating group) is 1. The first-order chi connectivity index (χ1) is 6.18. The molecule has 1 fully saturated rings. The molecule has 1 saturated carbocycles. The molecular weight excluding hydrogens is 158 g/mol. The van der Waals surface area contributed by atoms with Gasteiger partial charge in [-0.15, -0.1) is 0 Å². The molecule has 1 heteroatoms. The zero-order valence-electron chi connectivity index (χ0n) is 8.62. The van der Waals surface area contributed by atoms with Gasteiger partial charge in [0.25, 0.3) is 0 Å². The molecule has 0 bridgehead atoms. The molecule has 70 valence electrons. The highest BCUT2D eigenvalue weighted by Crippen LogP contribution is 2.43. The highest BCUT2D eigenvalue weighted by Gasteiger charge is 2.39. The van der Waals surface area contributed by atoms with E-state index in [1.54, 1.807) is 0 Å². The van der Waals surface area contributed by atoms with Crippen LogP contribution in [0.25, 0.3) is 0 Å². The van der Waals surface area contributed by atoms with Crippen LogP contribution < -0.4 is 0 Å². The summed E-state index contributed by atoms with van der Waals surface area (Å²) in [5, 5.41) is 0. The van der Waals surface area contributed by atoms with Crippen molar-refractivity contribution >= 4 is 0 Å². The molecule has 0 aromatic heterocycles. The molecule has 2 rings (SSSR count). The molecule has 1 aromatic carbocycles. The van der Waals surface area contributed by atoms with Crippen LogP contribution in [0.2, 0.25) is 0 Å². The monoisotopic (exact) mass is 175 g/mol. The van der Waals surface area contributed by atoms with Crippen molar-refractivity contribution in [2.45, 2.75) is 25.3 Å². The molecule has 0 N–H and O–H groups in total. The smallest absolute Gasteiger partial charge is 0.0165 e. The Kier molecular flexibility index (Phi) is 2.12. The van der Waals surface area contributed by atoms with E-state index in [1.165, 1.54) is 17.5 Å². The van der Waals surface area contributed by atoms with Gasteiger partial charge >= 0.3 is 0 Å². The highest BCUT2D eigenvalue weighted by molar-refractivity contribution is 5.30. The predicted molar refractivity (Wildman–Crippen MR) is 56.0 cm³/mol. The van der Waals surface area contributed by atoms with E-state index in [1.807, 2.05) is 0 Å². The lowest BCUT2D eigenvalue weighted by atomic mass is 10.1. The summed E-state index contributed by atoms with van der Waals surface area (Å²) < 4.78 is 0. The number of hydrogen-bond donors (Lipinski definition) is 0. The third-order valence-electron chi connectivity index (χ3n) is 2.93. The normalized spacial score (nSPS) is 26.5. The van der Waals surface area contributed by atoms with E-state index < -0.39 is 0 Å². The van der Waals surface area contributed by atoms with Gasteiger partial charge < -0.3 is 4.90 Å². The molecule has 0 saturated heterocycles. The van der Waals surface area contributed by atoms with Crippen LogP contribution in [0.5, 0.6) is 0 Å². The van der Waals surface area contributed by atoms with Gasteiger partial charge in [0.05, 0.1) is 0 Å². The summed E-state index contributed by atoms with van der Waals surface area (Å²) in [5.74, 6) is 0.788. The largest absolute Gasteiger partial charge is 0.306 e. The Bertz CT molecular complexity index is 286. The van der Waals surface area contributed by atoms with E-state index in [2.05, 4.69) is 50.2 Å². The Labute approximate surface area is 80.4 Å². The number of nitrogens with zero attached hydrogens (tertiary/aromatic N) is 1. The van der Waals surface area contributed by atoms with Crippen molar-refractivity contribution in [3.8, 4) is 0 Å². The first kappa shape index (κ1) is 8.76. The van der Waals surface area contributed by atoms with Crippen molar-refractivity contribution in [3.63, 3.8) is 0 Å². The van der Waals surface area contributed by atoms with E-state index >= 15 is 0 Å². The highest BCUT2D eigenvalue weighted by atomic mass is 15.1. The Hall–Kier alpha value is -0.820. The standard InChI is InChI=1S/C12H17N/c1-9-4-6-10(7-5-9)11-8-12(11)13(2)3/h4-7,11-12H,8H2,1-3H3/t11-,12+/m0/s1. The van der Waals surface area contributed by atoms with Crippen molar-refractivity contribution in [2.75, 3.05) is 14.1 Å². The minimum atomic E-state index is 0.780. The molecule has 2 atom stereocenters. The maximum absolute atomic E-state index is 2.32. The molecular formula is C12H17N. The van der Waals surface area contributed by atoms with Crippen molar-refractivity contribution < 1.29 is 0 Å². The maximum Gasteiger partial charge on any atom is 0.0165 e. The van der Waals surface area contributed by atoms with E-state index in [4.69, 9.17) is 0 Å². The fraction of sp³-hybridized carbons (Fsp3) is 0.500. The number of benzene rings is 1. The third kappa shape index (κ3) is 1.75. The number of hydrogen-bond acceptors (Lipinski definition) is 1. The molecule has 0 amide bonds. The van der Waals surface area contributed by atoms with Gasteiger partial charge in [0.2, 0.25) is 0 Å². The van der Waals surface area contributed by atoms with Gasteiger partial charge in [-0.25, -0.2) is 0 Å². The van der Waals surface area contributed by atoms with E-state index in [0.717, 1.165) is 12.0 Å². The summed E-state index contributed by atoms with van der Waals surface area (Å²) in [7, 11) is 4.33. The minimum absolute atomic E-state index is 0.780. The summed E-state index contributed by atoms with van der Waals surface area (Å²) in [5.41, 5.74) is 2.86.